The first-order valence-electron chi connectivity index (χ1n) is 11.8. The molecule has 1 aliphatic heterocycles. The summed E-state index contributed by atoms with van der Waals surface area (Å²) in [5, 5.41) is 3.54. The highest BCUT2D eigenvalue weighted by Crippen LogP contribution is 2.37. The number of carbonyl (C=O) groups is 1. The van der Waals surface area contributed by atoms with Gasteiger partial charge >= 0.3 is 0 Å². The van der Waals surface area contributed by atoms with E-state index in [4.69, 9.17) is 32.7 Å². The SMILES string of the molecule is COc1cc2ncnc(Nc3ccc(Cl)c(Cl)c3F)c2cc1OC1CCN(C(=O)C=CCN(C)C)CC1. The Morgan fingerprint density at radius 1 is 1.22 bits per heavy atom. The third kappa shape index (κ3) is 6.41. The molecule has 1 N–H and O–H groups in total. The molecule has 0 radical (unpaired) electrons. The number of carbonyl (C=O) groups excluding carboxylic acids is 1. The number of methoxy groups -OCH3 is 1. The molecule has 11 heteroatoms. The molecule has 3 aromatic rings. The van der Waals surface area contributed by atoms with Gasteiger partial charge in [0.25, 0.3) is 0 Å². The van der Waals surface area contributed by atoms with Crippen LogP contribution in [0.15, 0.2) is 42.7 Å². The van der Waals surface area contributed by atoms with Crippen molar-refractivity contribution in [3.05, 3.63) is 58.6 Å². The van der Waals surface area contributed by atoms with Crippen LogP contribution >= 0.6 is 23.2 Å². The Labute approximate surface area is 225 Å². The van der Waals surface area contributed by atoms with Crippen molar-refractivity contribution in [2.24, 2.45) is 0 Å². The summed E-state index contributed by atoms with van der Waals surface area (Å²) in [4.78, 5) is 24.9. The second-order valence-electron chi connectivity index (χ2n) is 8.90. The molecule has 0 spiro atoms. The number of aromatic nitrogens is 2. The topological polar surface area (TPSA) is 79.8 Å². The maximum atomic E-state index is 14.6. The quantitative estimate of drug-likeness (QED) is 0.302. The molecule has 1 saturated heterocycles. The van der Waals surface area contributed by atoms with Gasteiger partial charge in [0.1, 0.15) is 18.2 Å². The number of ether oxygens (including phenoxy) is 2. The summed E-state index contributed by atoms with van der Waals surface area (Å²) in [5.74, 6) is 0.732. The van der Waals surface area contributed by atoms with Gasteiger partial charge in [0.15, 0.2) is 17.3 Å². The molecule has 4 rings (SSSR count). The number of piperidine rings is 1. The Bertz CT molecular complexity index is 1310. The Morgan fingerprint density at radius 2 is 1.97 bits per heavy atom. The normalized spacial score (nSPS) is 14.5. The van der Waals surface area contributed by atoms with Crippen molar-refractivity contribution < 1.29 is 18.7 Å². The first-order chi connectivity index (χ1) is 17.8. The zero-order valence-electron chi connectivity index (χ0n) is 20.8. The van der Waals surface area contributed by atoms with Gasteiger partial charge < -0.3 is 24.6 Å². The number of rotatable bonds is 8. The smallest absolute Gasteiger partial charge is 0.246 e. The van der Waals surface area contributed by atoms with E-state index in [2.05, 4.69) is 15.3 Å². The molecule has 0 saturated carbocycles. The molecule has 1 amide bonds. The van der Waals surface area contributed by atoms with Crippen LogP contribution in [0, 0.1) is 5.82 Å². The fraction of sp³-hybridized carbons (Fsp3) is 0.346. The van der Waals surface area contributed by atoms with E-state index in [1.165, 1.54) is 18.5 Å². The van der Waals surface area contributed by atoms with Gasteiger partial charge in [-0.15, -0.1) is 0 Å². The van der Waals surface area contributed by atoms with Crippen LogP contribution in [0.4, 0.5) is 15.9 Å². The van der Waals surface area contributed by atoms with Crippen LogP contribution in [0.25, 0.3) is 10.9 Å². The number of nitrogens with one attached hydrogen (secondary N) is 1. The van der Waals surface area contributed by atoms with E-state index < -0.39 is 5.82 Å². The molecular weight excluding hydrogens is 520 g/mol. The summed E-state index contributed by atoms with van der Waals surface area (Å²) >= 11 is 11.9. The van der Waals surface area contributed by atoms with Crippen LogP contribution in [0.2, 0.25) is 10.0 Å². The largest absolute Gasteiger partial charge is 0.493 e. The van der Waals surface area contributed by atoms with Gasteiger partial charge in [0.05, 0.1) is 28.4 Å². The van der Waals surface area contributed by atoms with Crippen molar-refractivity contribution >= 4 is 51.5 Å². The van der Waals surface area contributed by atoms with Gasteiger partial charge in [-0.3, -0.25) is 4.79 Å². The zero-order chi connectivity index (χ0) is 26.5. The summed E-state index contributed by atoms with van der Waals surface area (Å²) < 4.78 is 26.5. The minimum Gasteiger partial charge on any atom is -0.493 e. The van der Waals surface area contributed by atoms with Gasteiger partial charge in [-0.05, 0) is 32.3 Å². The number of likely N-dealkylation sites (tertiary alicyclic amines) is 1. The van der Waals surface area contributed by atoms with E-state index in [-0.39, 0.29) is 27.7 Å². The van der Waals surface area contributed by atoms with Gasteiger partial charge in [0.2, 0.25) is 5.91 Å². The third-order valence-electron chi connectivity index (χ3n) is 5.99. The summed E-state index contributed by atoms with van der Waals surface area (Å²) in [6.07, 6.45) is 6.12. The lowest BCUT2D eigenvalue weighted by Crippen LogP contribution is -2.41. The van der Waals surface area contributed by atoms with Gasteiger partial charge in [-0.1, -0.05) is 29.3 Å². The maximum Gasteiger partial charge on any atom is 0.246 e. The van der Waals surface area contributed by atoms with Gasteiger partial charge in [-0.2, -0.15) is 0 Å². The van der Waals surface area contributed by atoms with Crippen molar-refractivity contribution in [1.29, 1.82) is 0 Å². The monoisotopic (exact) mass is 547 g/mol. The molecule has 1 fully saturated rings. The lowest BCUT2D eigenvalue weighted by molar-refractivity contribution is -0.127. The van der Waals surface area contributed by atoms with Crippen molar-refractivity contribution in [1.82, 2.24) is 19.8 Å². The van der Waals surface area contributed by atoms with E-state index in [0.29, 0.717) is 60.7 Å². The number of fused-ring (bicyclic) bond motifs is 1. The minimum absolute atomic E-state index is 0.00554. The van der Waals surface area contributed by atoms with Crippen molar-refractivity contribution in [3.8, 4) is 11.5 Å². The fourth-order valence-corrected chi connectivity index (χ4v) is 4.32. The van der Waals surface area contributed by atoms with E-state index >= 15 is 0 Å². The van der Waals surface area contributed by atoms with E-state index in [9.17, 15) is 9.18 Å². The summed E-state index contributed by atoms with van der Waals surface area (Å²) in [5.41, 5.74) is 0.719. The molecule has 8 nitrogen and oxygen atoms in total. The molecule has 0 bridgehead atoms. The first-order valence-corrected chi connectivity index (χ1v) is 12.5. The second-order valence-corrected chi connectivity index (χ2v) is 9.68. The Balaban J connectivity index is 1.51. The number of hydrogen-bond acceptors (Lipinski definition) is 7. The predicted octanol–water partition coefficient (Wildman–Crippen LogP) is 5.32. The van der Waals surface area contributed by atoms with Crippen LogP contribution in [0.5, 0.6) is 11.5 Å². The highest BCUT2D eigenvalue weighted by atomic mass is 35.5. The number of amides is 1. The number of halogens is 3. The number of nitrogens with zero attached hydrogens (tertiary/aromatic N) is 4. The van der Waals surface area contributed by atoms with Crippen molar-refractivity contribution in [2.75, 3.05) is 46.2 Å². The Hall–Kier alpha value is -3.14. The molecule has 0 unspecified atom stereocenters. The van der Waals surface area contributed by atoms with Crippen LogP contribution < -0.4 is 14.8 Å². The lowest BCUT2D eigenvalue weighted by Gasteiger charge is -2.32. The molecule has 196 valence electrons. The van der Waals surface area contributed by atoms with Gasteiger partial charge in [-0.25, -0.2) is 14.4 Å². The summed E-state index contributed by atoms with van der Waals surface area (Å²) in [7, 11) is 5.46. The van der Waals surface area contributed by atoms with Crippen LogP contribution in [-0.4, -0.2) is 72.6 Å². The average molecular weight is 548 g/mol. The highest BCUT2D eigenvalue weighted by Gasteiger charge is 2.24. The van der Waals surface area contributed by atoms with Crippen LogP contribution in [-0.2, 0) is 4.79 Å². The predicted molar refractivity (Wildman–Crippen MR) is 144 cm³/mol. The highest BCUT2D eigenvalue weighted by molar-refractivity contribution is 6.42. The minimum atomic E-state index is -0.677. The third-order valence-corrected chi connectivity index (χ3v) is 6.77. The molecule has 1 aromatic heterocycles. The lowest BCUT2D eigenvalue weighted by atomic mass is 10.1. The first kappa shape index (κ1) is 26.9. The van der Waals surface area contributed by atoms with Gasteiger partial charge in [0, 0.05) is 50.0 Å². The average Bonchev–Trinajstić information content (AvgIpc) is 2.89. The Kier molecular flexibility index (Phi) is 8.68. The number of hydrogen-bond donors (Lipinski definition) is 1. The van der Waals surface area contributed by atoms with Crippen LogP contribution in [0.1, 0.15) is 12.8 Å². The van der Waals surface area contributed by atoms with E-state index in [1.54, 1.807) is 25.3 Å². The zero-order valence-corrected chi connectivity index (χ0v) is 22.3. The summed E-state index contributed by atoms with van der Waals surface area (Å²) in [6, 6.07) is 6.51. The number of likely N-dealkylation sites (N-methyl/N-ethyl adjacent to an activating group) is 1. The maximum absolute atomic E-state index is 14.6. The van der Waals surface area contributed by atoms with Crippen molar-refractivity contribution in [3.63, 3.8) is 0 Å². The molecular formula is C26H28Cl2FN5O3. The summed E-state index contributed by atoms with van der Waals surface area (Å²) in [6.45, 7) is 1.90. The Morgan fingerprint density at radius 3 is 2.68 bits per heavy atom. The number of benzene rings is 2. The second kappa shape index (κ2) is 11.9. The molecule has 1 aliphatic rings. The van der Waals surface area contributed by atoms with Crippen molar-refractivity contribution in [2.45, 2.75) is 18.9 Å². The molecule has 37 heavy (non-hydrogen) atoms. The number of anilines is 2. The van der Waals surface area contributed by atoms with E-state index in [1.807, 2.05) is 30.0 Å². The standard InChI is InChI=1S/C26H28Cl2FN5O3/c1-33(2)10-4-5-23(35)34-11-8-16(9-12-34)37-22-13-17-20(14-21(22)36-3)30-15-31-26(17)32-19-7-6-18(27)24(28)25(19)29/h4-7,13-16H,8-12H2,1-3H3,(H,30,31,32). The fourth-order valence-electron chi connectivity index (χ4n) is 4.01. The molecule has 2 aromatic carbocycles. The van der Waals surface area contributed by atoms with Crippen LogP contribution in [0.3, 0.4) is 0 Å². The molecule has 0 aliphatic carbocycles. The molecule has 2 heterocycles. The molecule has 0 atom stereocenters. The van der Waals surface area contributed by atoms with E-state index in [0.717, 1.165) is 0 Å².